The quantitative estimate of drug-likeness (QED) is 0.471. The summed E-state index contributed by atoms with van der Waals surface area (Å²) in [5.74, 6) is 0. The van der Waals surface area contributed by atoms with Crippen molar-refractivity contribution in [3.8, 4) is 0 Å². The Morgan fingerprint density at radius 3 is 1.14 bits per heavy atom. The summed E-state index contributed by atoms with van der Waals surface area (Å²) in [5, 5.41) is 8.52. The average molecular weight is 141 g/mol. The summed E-state index contributed by atoms with van der Waals surface area (Å²) >= 11 is 0. The number of hydrogen-bond acceptors (Lipinski definition) is 1. The summed E-state index contributed by atoms with van der Waals surface area (Å²) in [4.78, 5) is 0. The number of rotatable bonds is 0. The maximum absolute atomic E-state index is 8.52. The molecular formula is C4H14AlClO. The fourth-order valence-corrected chi connectivity index (χ4v) is 0. The molecule has 0 bridgehead atoms. The summed E-state index contributed by atoms with van der Waals surface area (Å²) in [7, 11) is 0. The zero-order valence-electron chi connectivity index (χ0n) is 4.36. The van der Waals surface area contributed by atoms with Gasteiger partial charge in [-0.25, -0.2) is 0 Å². The van der Waals surface area contributed by atoms with E-state index >= 15 is 0 Å². The fraction of sp³-hybridized carbons (Fsp3) is 1.00. The van der Waals surface area contributed by atoms with Gasteiger partial charge in [-0.15, -0.1) is 12.4 Å². The summed E-state index contributed by atoms with van der Waals surface area (Å²) in [6.45, 7) is 5.23. The molecule has 0 saturated carbocycles. The van der Waals surface area contributed by atoms with E-state index in [0.29, 0.717) is 0 Å². The smallest absolute Gasteiger partial charge is 0.187 e. The third kappa shape index (κ3) is 253. The van der Waals surface area contributed by atoms with Crippen molar-refractivity contribution in [2.75, 3.05) is 0 Å². The van der Waals surface area contributed by atoms with Crippen LogP contribution in [0.4, 0.5) is 0 Å². The minimum atomic E-state index is -0.500. The van der Waals surface area contributed by atoms with E-state index in [4.69, 9.17) is 5.11 Å². The van der Waals surface area contributed by atoms with Crippen LogP contribution in [0.15, 0.2) is 0 Å². The van der Waals surface area contributed by atoms with Crippen molar-refractivity contribution in [2.45, 2.75) is 26.4 Å². The molecule has 0 heterocycles. The van der Waals surface area contributed by atoms with E-state index in [9.17, 15) is 0 Å². The van der Waals surface area contributed by atoms with Gasteiger partial charge >= 0.3 is 0 Å². The standard InChI is InChI=1S/C4H10O.Al.ClH.3H/c1-4(2,3)5;;;;;/h5H,1-3H3;;1H;;;. The molecule has 1 N–H and O–H groups in total. The molecule has 0 atom stereocenters. The molecule has 0 rings (SSSR count). The highest BCUT2D eigenvalue weighted by molar-refractivity contribution is 5.85. The van der Waals surface area contributed by atoms with Gasteiger partial charge in [0.05, 0.1) is 5.60 Å². The Kier molecular flexibility index (Phi) is 11.0. The molecule has 0 aliphatic carbocycles. The molecule has 46 valence electrons. The van der Waals surface area contributed by atoms with Crippen LogP contribution in [0.5, 0.6) is 0 Å². The summed E-state index contributed by atoms with van der Waals surface area (Å²) in [5.41, 5.74) is -0.500. The van der Waals surface area contributed by atoms with Gasteiger partial charge in [0.15, 0.2) is 17.4 Å². The number of halogens is 1. The molecular weight excluding hydrogens is 126 g/mol. The van der Waals surface area contributed by atoms with Gasteiger partial charge in [-0.3, -0.25) is 0 Å². The van der Waals surface area contributed by atoms with Crippen LogP contribution in [0.2, 0.25) is 0 Å². The van der Waals surface area contributed by atoms with Crippen molar-refractivity contribution in [1.82, 2.24) is 0 Å². The predicted octanol–water partition coefficient (Wildman–Crippen LogP) is 0.0151. The maximum Gasteiger partial charge on any atom is 0.187 e. The van der Waals surface area contributed by atoms with Gasteiger partial charge in [0, 0.05) is 0 Å². The van der Waals surface area contributed by atoms with Crippen LogP contribution in [-0.2, 0) is 0 Å². The predicted molar refractivity (Wildman–Crippen MR) is 39.2 cm³/mol. The molecule has 3 heteroatoms. The molecule has 0 fully saturated rings. The van der Waals surface area contributed by atoms with E-state index in [1.807, 2.05) is 0 Å². The van der Waals surface area contributed by atoms with Crippen molar-refractivity contribution >= 4 is 29.8 Å². The van der Waals surface area contributed by atoms with Gasteiger partial charge in [0.2, 0.25) is 0 Å². The lowest BCUT2D eigenvalue weighted by Gasteiger charge is -2.04. The zero-order chi connectivity index (χ0) is 4.50. The second kappa shape index (κ2) is 4.93. The van der Waals surface area contributed by atoms with Gasteiger partial charge in [-0.05, 0) is 20.8 Å². The third-order valence-electron chi connectivity index (χ3n) is 0. The Morgan fingerprint density at radius 2 is 1.14 bits per heavy atom. The Labute approximate surface area is 61.7 Å². The SMILES string of the molecule is CC(C)(C)O.Cl.[AlH3]. The number of hydrogen-bond donors (Lipinski definition) is 1. The van der Waals surface area contributed by atoms with Crippen LogP contribution in [-0.4, -0.2) is 28.1 Å². The minimum absolute atomic E-state index is 0. The lowest BCUT2D eigenvalue weighted by Crippen LogP contribution is -2.10. The maximum atomic E-state index is 8.52. The molecule has 0 amide bonds. The van der Waals surface area contributed by atoms with Gasteiger partial charge in [0.25, 0.3) is 0 Å². The first-order valence-corrected chi connectivity index (χ1v) is 1.72. The number of aliphatic hydroxyl groups is 1. The van der Waals surface area contributed by atoms with Crippen LogP contribution in [0.25, 0.3) is 0 Å². The van der Waals surface area contributed by atoms with Crippen LogP contribution in [0, 0.1) is 0 Å². The van der Waals surface area contributed by atoms with Crippen LogP contribution >= 0.6 is 12.4 Å². The highest BCUT2D eigenvalue weighted by Crippen LogP contribution is 1.93. The van der Waals surface area contributed by atoms with Crippen molar-refractivity contribution in [2.24, 2.45) is 0 Å². The van der Waals surface area contributed by atoms with Crippen molar-refractivity contribution in [1.29, 1.82) is 0 Å². The van der Waals surface area contributed by atoms with E-state index in [-0.39, 0.29) is 29.8 Å². The third-order valence-corrected chi connectivity index (χ3v) is 0. The molecule has 1 nitrogen and oxygen atoms in total. The first-order chi connectivity index (χ1) is 2.00. The second-order valence-electron chi connectivity index (χ2n) is 2.17. The lowest BCUT2D eigenvalue weighted by molar-refractivity contribution is 0.102. The van der Waals surface area contributed by atoms with E-state index < -0.39 is 5.60 Å². The molecule has 0 spiro atoms. The first kappa shape index (κ1) is 15.7. The topological polar surface area (TPSA) is 20.2 Å². The summed E-state index contributed by atoms with van der Waals surface area (Å²) in [6.07, 6.45) is 0. The van der Waals surface area contributed by atoms with Crippen molar-refractivity contribution in [3.63, 3.8) is 0 Å². The molecule has 0 unspecified atom stereocenters. The Hall–Kier alpha value is 0.782. The monoisotopic (exact) mass is 140 g/mol. The van der Waals surface area contributed by atoms with Crippen LogP contribution in [0.1, 0.15) is 20.8 Å². The van der Waals surface area contributed by atoms with E-state index in [0.717, 1.165) is 0 Å². The van der Waals surface area contributed by atoms with E-state index in [1.54, 1.807) is 20.8 Å². The van der Waals surface area contributed by atoms with Crippen molar-refractivity contribution < 1.29 is 5.11 Å². The highest BCUT2D eigenvalue weighted by Gasteiger charge is 1.97. The Bertz CT molecular complexity index is 27.2. The average Bonchev–Trinajstić information content (AvgIpc) is 0.722. The first-order valence-electron chi connectivity index (χ1n) is 1.72. The van der Waals surface area contributed by atoms with Crippen LogP contribution in [0.3, 0.4) is 0 Å². The molecule has 7 heavy (non-hydrogen) atoms. The minimum Gasteiger partial charge on any atom is -0.391 e. The van der Waals surface area contributed by atoms with Gasteiger partial charge in [-0.2, -0.15) is 0 Å². The Morgan fingerprint density at radius 1 is 1.14 bits per heavy atom. The normalized spacial score (nSPS) is 8.57. The second-order valence-corrected chi connectivity index (χ2v) is 2.17. The van der Waals surface area contributed by atoms with Gasteiger partial charge in [0.1, 0.15) is 0 Å². The highest BCUT2D eigenvalue weighted by atomic mass is 35.5. The van der Waals surface area contributed by atoms with Crippen LogP contribution < -0.4 is 0 Å². The lowest BCUT2D eigenvalue weighted by atomic mass is 10.2. The van der Waals surface area contributed by atoms with E-state index in [1.165, 1.54) is 0 Å². The molecule has 0 aromatic heterocycles. The Balaban J connectivity index is -0.0000000800. The summed E-state index contributed by atoms with van der Waals surface area (Å²) < 4.78 is 0. The fourth-order valence-electron chi connectivity index (χ4n) is 0. The van der Waals surface area contributed by atoms with Gasteiger partial charge in [-0.1, -0.05) is 0 Å². The largest absolute Gasteiger partial charge is 0.391 e. The molecule has 0 aliphatic rings. The molecule has 0 aromatic carbocycles. The summed E-state index contributed by atoms with van der Waals surface area (Å²) in [6, 6.07) is 0. The van der Waals surface area contributed by atoms with Gasteiger partial charge < -0.3 is 5.11 Å². The van der Waals surface area contributed by atoms with E-state index in [2.05, 4.69) is 0 Å². The molecule has 0 aromatic rings. The molecule has 0 radical (unpaired) electrons. The zero-order valence-corrected chi connectivity index (χ0v) is 5.17. The van der Waals surface area contributed by atoms with Crippen molar-refractivity contribution in [3.05, 3.63) is 0 Å². The molecule has 0 saturated heterocycles. The molecule has 0 aliphatic heterocycles.